The van der Waals surface area contributed by atoms with Crippen LogP contribution < -0.4 is 5.32 Å². The molecule has 1 rings (SSSR count). The molecular formula is C16H23NO3. The lowest BCUT2D eigenvalue weighted by Crippen LogP contribution is -2.38. The molecule has 0 heterocycles. The summed E-state index contributed by atoms with van der Waals surface area (Å²) in [6, 6.07) is 6.61. The Kier molecular flexibility index (Phi) is 6.25. The first-order chi connectivity index (χ1) is 9.55. The maximum atomic E-state index is 11.7. The Morgan fingerprint density at radius 3 is 2.35 bits per heavy atom. The number of amides is 1. The molecule has 0 radical (unpaired) electrons. The number of aliphatic hydroxyl groups excluding tert-OH is 1. The predicted molar refractivity (Wildman–Crippen MR) is 80.3 cm³/mol. The fraction of sp³-hybridized carbons (Fsp3) is 0.438. The van der Waals surface area contributed by atoms with Crippen LogP contribution in [0.5, 0.6) is 5.75 Å². The van der Waals surface area contributed by atoms with E-state index in [0.29, 0.717) is 6.54 Å². The molecule has 0 bridgehead atoms. The van der Waals surface area contributed by atoms with Crippen LogP contribution in [0.3, 0.4) is 0 Å². The Balaban J connectivity index is 2.53. The number of nitrogens with one attached hydrogen (secondary N) is 1. The highest BCUT2D eigenvalue weighted by Gasteiger charge is 2.25. The molecule has 110 valence electrons. The van der Waals surface area contributed by atoms with Crippen LogP contribution in [0.1, 0.15) is 32.3 Å². The number of phenols is 1. The molecule has 1 amide bonds. The number of hydrogen-bond acceptors (Lipinski definition) is 3. The van der Waals surface area contributed by atoms with Crippen molar-refractivity contribution in [3.63, 3.8) is 0 Å². The van der Waals surface area contributed by atoms with Gasteiger partial charge in [0.1, 0.15) is 5.75 Å². The van der Waals surface area contributed by atoms with Crippen LogP contribution >= 0.6 is 0 Å². The van der Waals surface area contributed by atoms with Gasteiger partial charge in [0.25, 0.3) is 0 Å². The second-order valence-electron chi connectivity index (χ2n) is 5.01. The minimum absolute atomic E-state index is 0.0714. The molecule has 0 atom stereocenters. The van der Waals surface area contributed by atoms with Gasteiger partial charge in [-0.3, -0.25) is 4.79 Å². The second kappa shape index (κ2) is 7.70. The molecule has 0 saturated heterocycles. The molecule has 3 N–H and O–H groups in total. The van der Waals surface area contributed by atoms with Gasteiger partial charge in [-0.2, -0.15) is 0 Å². The third-order valence-corrected chi connectivity index (χ3v) is 3.79. The lowest BCUT2D eigenvalue weighted by atomic mass is 9.83. The Bertz CT molecular complexity index is 439. The lowest BCUT2D eigenvalue weighted by molar-refractivity contribution is -0.117. The maximum Gasteiger partial charge on any atom is 0.244 e. The molecule has 0 aliphatic carbocycles. The van der Waals surface area contributed by atoms with Gasteiger partial charge in [0.2, 0.25) is 5.91 Å². The summed E-state index contributed by atoms with van der Waals surface area (Å²) >= 11 is 0. The minimum atomic E-state index is -0.234. The van der Waals surface area contributed by atoms with Gasteiger partial charge in [-0.25, -0.2) is 0 Å². The summed E-state index contributed by atoms with van der Waals surface area (Å²) in [6.45, 7) is 4.56. The molecule has 0 aliphatic rings. The molecule has 0 aromatic heterocycles. The van der Waals surface area contributed by atoms with Crippen molar-refractivity contribution in [2.75, 3.05) is 13.2 Å². The van der Waals surface area contributed by atoms with Crippen molar-refractivity contribution in [1.29, 1.82) is 0 Å². The Labute approximate surface area is 120 Å². The summed E-state index contributed by atoms with van der Waals surface area (Å²) in [5.74, 6) is 0.0167. The molecule has 1 aromatic rings. The van der Waals surface area contributed by atoms with Crippen molar-refractivity contribution in [3.05, 3.63) is 35.9 Å². The topological polar surface area (TPSA) is 69.6 Å². The third-order valence-electron chi connectivity index (χ3n) is 3.79. The average Bonchev–Trinajstić information content (AvgIpc) is 2.48. The highest BCUT2D eigenvalue weighted by atomic mass is 16.3. The van der Waals surface area contributed by atoms with Crippen molar-refractivity contribution in [3.8, 4) is 5.75 Å². The van der Waals surface area contributed by atoms with Crippen LogP contribution in [0, 0.1) is 5.41 Å². The quantitative estimate of drug-likeness (QED) is 0.670. The van der Waals surface area contributed by atoms with E-state index in [-0.39, 0.29) is 23.7 Å². The van der Waals surface area contributed by atoms with Crippen molar-refractivity contribution >= 4 is 12.0 Å². The van der Waals surface area contributed by atoms with Gasteiger partial charge in [0, 0.05) is 18.0 Å². The monoisotopic (exact) mass is 277 g/mol. The largest absolute Gasteiger partial charge is 0.508 e. The molecule has 20 heavy (non-hydrogen) atoms. The molecule has 0 unspecified atom stereocenters. The van der Waals surface area contributed by atoms with Crippen molar-refractivity contribution in [1.82, 2.24) is 5.32 Å². The van der Waals surface area contributed by atoms with Gasteiger partial charge in [-0.1, -0.05) is 26.0 Å². The summed E-state index contributed by atoms with van der Waals surface area (Å²) in [6.07, 6.45) is 4.79. The summed E-state index contributed by atoms with van der Waals surface area (Å²) in [5, 5.41) is 21.4. The van der Waals surface area contributed by atoms with Gasteiger partial charge < -0.3 is 15.5 Å². The zero-order valence-electron chi connectivity index (χ0n) is 12.1. The smallest absolute Gasteiger partial charge is 0.244 e. The Hall–Kier alpha value is -1.81. The van der Waals surface area contributed by atoms with Crippen LogP contribution in [0.25, 0.3) is 6.08 Å². The average molecular weight is 277 g/mol. The van der Waals surface area contributed by atoms with E-state index in [1.807, 2.05) is 13.8 Å². The van der Waals surface area contributed by atoms with E-state index in [0.717, 1.165) is 18.4 Å². The van der Waals surface area contributed by atoms with E-state index in [2.05, 4.69) is 5.32 Å². The van der Waals surface area contributed by atoms with Gasteiger partial charge in [-0.05, 0) is 36.6 Å². The Morgan fingerprint density at radius 1 is 1.25 bits per heavy atom. The standard InChI is InChI=1S/C16H23NO3/c1-3-16(4-2,12-18)11-17-15(20)10-7-13-5-8-14(19)9-6-13/h5-10,18-19H,3-4,11-12H2,1-2H3,(H,17,20)/b10-7+. The molecule has 0 saturated carbocycles. The maximum absolute atomic E-state index is 11.7. The molecule has 0 fully saturated rings. The lowest BCUT2D eigenvalue weighted by Gasteiger charge is -2.29. The number of carbonyl (C=O) groups excluding carboxylic acids is 1. The number of rotatable bonds is 7. The number of aromatic hydroxyl groups is 1. The van der Waals surface area contributed by atoms with Crippen molar-refractivity contribution < 1.29 is 15.0 Å². The number of benzene rings is 1. The molecule has 4 heteroatoms. The van der Waals surface area contributed by atoms with E-state index >= 15 is 0 Å². The van der Waals surface area contributed by atoms with Gasteiger partial charge in [-0.15, -0.1) is 0 Å². The summed E-state index contributed by atoms with van der Waals surface area (Å²) in [5.41, 5.74) is 0.611. The van der Waals surface area contributed by atoms with Gasteiger partial charge in [0.15, 0.2) is 0 Å². The van der Waals surface area contributed by atoms with Crippen LogP contribution in [-0.4, -0.2) is 29.3 Å². The fourth-order valence-electron chi connectivity index (χ4n) is 1.87. The second-order valence-corrected chi connectivity index (χ2v) is 5.01. The number of hydrogen-bond donors (Lipinski definition) is 3. The molecule has 4 nitrogen and oxygen atoms in total. The van der Waals surface area contributed by atoms with Gasteiger partial charge in [0.05, 0.1) is 6.61 Å². The number of aliphatic hydroxyl groups is 1. The normalized spacial score (nSPS) is 11.8. The molecule has 1 aromatic carbocycles. The van der Waals surface area contributed by atoms with E-state index in [1.54, 1.807) is 30.3 Å². The molecule has 0 spiro atoms. The third kappa shape index (κ3) is 4.70. The number of carbonyl (C=O) groups is 1. The first kappa shape index (κ1) is 16.2. The zero-order chi connectivity index (χ0) is 15.0. The first-order valence-electron chi connectivity index (χ1n) is 6.91. The van der Waals surface area contributed by atoms with Crippen molar-refractivity contribution in [2.24, 2.45) is 5.41 Å². The van der Waals surface area contributed by atoms with Crippen LogP contribution in [0.15, 0.2) is 30.3 Å². The van der Waals surface area contributed by atoms with Crippen LogP contribution in [0.2, 0.25) is 0 Å². The summed E-state index contributed by atoms with van der Waals surface area (Å²) in [4.78, 5) is 11.7. The zero-order valence-corrected chi connectivity index (χ0v) is 12.1. The van der Waals surface area contributed by atoms with Crippen LogP contribution in [-0.2, 0) is 4.79 Å². The Morgan fingerprint density at radius 2 is 1.85 bits per heavy atom. The van der Waals surface area contributed by atoms with Gasteiger partial charge >= 0.3 is 0 Å². The molecule has 0 aliphatic heterocycles. The highest BCUT2D eigenvalue weighted by Crippen LogP contribution is 2.24. The minimum Gasteiger partial charge on any atom is -0.508 e. The van der Waals surface area contributed by atoms with E-state index in [4.69, 9.17) is 5.11 Å². The first-order valence-corrected chi connectivity index (χ1v) is 6.91. The van der Waals surface area contributed by atoms with E-state index in [9.17, 15) is 9.90 Å². The number of phenolic OH excluding ortho intramolecular Hbond substituents is 1. The SMILES string of the molecule is CCC(CC)(CO)CNC(=O)/C=C/c1ccc(O)cc1. The summed E-state index contributed by atoms with van der Waals surface area (Å²) < 4.78 is 0. The fourth-order valence-corrected chi connectivity index (χ4v) is 1.87. The predicted octanol–water partition coefficient (Wildman–Crippen LogP) is 2.32. The summed E-state index contributed by atoms with van der Waals surface area (Å²) in [7, 11) is 0. The highest BCUT2D eigenvalue weighted by molar-refractivity contribution is 5.91. The van der Waals surface area contributed by atoms with Crippen LogP contribution in [0.4, 0.5) is 0 Å². The van der Waals surface area contributed by atoms with E-state index < -0.39 is 0 Å². The molecular weight excluding hydrogens is 254 g/mol. The van der Waals surface area contributed by atoms with Crippen molar-refractivity contribution in [2.45, 2.75) is 26.7 Å². The van der Waals surface area contributed by atoms with E-state index in [1.165, 1.54) is 6.08 Å².